The number of ether oxygens (including phenoxy) is 2. The standard InChI is InChI=1S/C20H21N5O4/c1-3-25-15(4-12(2)23-25)18(27)22-19-21-14-5-13(7-26)6-16-17(14)24(19)8-20(11-29-16)9-28-10-20/h4-7H,3,8-11H2,1-2H3,(H,21,22,27). The molecule has 9 heteroatoms. The van der Waals surface area contributed by atoms with E-state index in [1.165, 1.54) is 0 Å². The Labute approximate surface area is 166 Å². The van der Waals surface area contributed by atoms with Crippen LogP contribution in [0.3, 0.4) is 0 Å². The molecule has 2 aliphatic heterocycles. The lowest BCUT2D eigenvalue weighted by molar-refractivity contribution is -0.137. The largest absolute Gasteiger partial charge is 0.490 e. The maximum absolute atomic E-state index is 13.0. The average molecular weight is 395 g/mol. The molecule has 1 fully saturated rings. The van der Waals surface area contributed by atoms with Gasteiger partial charge in [0.25, 0.3) is 5.91 Å². The molecular weight excluding hydrogens is 374 g/mol. The number of rotatable bonds is 4. The quantitative estimate of drug-likeness (QED) is 0.679. The summed E-state index contributed by atoms with van der Waals surface area (Å²) in [5.74, 6) is 0.739. The summed E-state index contributed by atoms with van der Waals surface area (Å²) in [5.41, 5.74) is 2.95. The van der Waals surface area contributed by atoms with Gasteiger partial charge in [0.15, 0.2) is 0 Å². The SMILES string of the molecule is CCn1nc(C)cc1C(=O)Nc1nc2cc(C=O)cc3c2n1CC1(COC1)CO3. The lowest BCUT2D eigenvalue weighted by Gasteiger charge is -2.40. The molecule has 29 heavy (non-hydrogen) atoms. The summed E-state index contributed by atoms with van der Waals surface area (Å²) in [4.78, 5) is 28.9. The van der Waals surface area contributed by atoms with Crippen LogP contribution in [0.15, 0.2) is 18.2 Å². The highest BCUT2D eigenvalue weighted by Crippen LogP contribution is 2.40. The van der Waals surface area contributed by atoms with Crippen LogP contribution in [0.2, 0.25) is 0 Å². The van der Waals surface area contributed by atoms with E-state index in [1.807, 2.05) is 18.4 Å². The van der Waals surface area contributed by atoms with Crippen molar-refractivity contribution in [1.82, 2.24) is 19.3 Å². The molecule has 1 amide bonds. The van der Waals surface area contributed by atoms with Gasteiger partial charge in [0.2, 0.25) is 5.95 Å². The highest BCUT2D eigenvalue weighted by molar-refractivity contribution is 6.03. The van der Waals surface area contributed by atoms with Gasteiger partial charge in [0.1, 0.15) is 29.9 Å². The zero-order valence-electron chi connectivity index (χ0n) is 16.3. The van der Waals surface area contributed by atoms with Crippen LogP contribution >= 0.6 is 0 Å². The van der Waals surface area contributed by atoms with E-state index in [0.29, 0.717) is 61.4 Å². The minimum absolute atomic E-state index is 0.171. The summed E-state index contributed by atoms with van der Waals surface area (Å²) in [6.45, 7) is 6.64. The van der Waals surface area contributed by atoms with Crippen LogP contribution < -0.4 is 10.1 Å². The Balaban J connectivity index is 1.60. The number of aldehydes is 1. The number of carbonyl (C=O) groups excluding carboxylic acids is 2. The van der Waals surface area contributed by atoms with Crippen molar-refractivity contribution < 1.29 is 19.1 Å². The van der Waals surface area contributed by atoms with Gasteiger partial charge < -0.3 is 14.0 Å². The van der Waals surface area contributed by atoms with E-state index in [2.05, 4.69) is 15.4 Å². The lowest BCUT2D eigenvalue weighted by Crippen LogP contribution is -2.49. The first-order chi connectivity index (χ1) is 14.0. The number of hydrogen-bond donors (Lipinski definition) is 1. The molecule has 1 aromatic carbocycles. The molecule has 1 saturated heterocycles. The molecule has 9 nitrogen and oxygen atoms in total. The summed E-state index contributed by atoms with van der Waals surface area (Å²) >= 11 is 0. The van der Waals surface area contributed by atoms with Gasteiger partial charge in [-0.3, -0.25) is 19.6 Å². The third kappa shape index (κ3) is 2.80. The molecule has 0 unspecified atom stereocenters. The highest BCUT2D eigenvalue weighted by atomic mass is 16.5. The van der Waals surface area contributed by atoms with Gasteiger partial charge >= 0.3 is 0 Å². The lowest BCUT2D eigenvalue weighted by atomic mass is 9.87. The number of imidazole rings is 1. The van der Waals surface area contributed by atoms with E-state index in [1.54, 1.807) is 22.9 Å². The number of nitrogens with one attached hydrogen (secondary N) is 1. The minimum Gasteiger partial charge on any atom is -0.490 e. The first kappa shape index (κ1) is 17.9. The Morgan fingerprint density at radius 3 is 2.83 bits per heavy atom. The summed E-state index contributed by atoms with van der Waals surface area (Å²) in [5, 5.41) is 7.27. The molecule has 3 aromatic rings. The average Bonchev–Trinajstić information content (AvgIpc) is 3.16. The molecule has 4 heterocycles. The zero-order chi connectivity index (χ0) is 20.2. The van der Waals surface area contributed by atoms with Crippen LogP contribution in [-0.4, -0.2) is 51.3 Å². The first-order valence-electron chi connectivity index (χ1n) is 9.58. The van der Waals surface area contributed by atoms with E-state index < -0.39 is 0 Å². The Bertz CT molecular complexity index is 1140. The minimum atomic E-state index is -0.278. The molecule has 2 aliphatic rings. The Morgan fingerprint density at radius 2 is 2.14 bits per heavy atom. The Kier molecular flexibility index (Phi) is 3.95. The summed E-state index contributed by atoms with van der Waals surface area (Å²) in [7, 11) is 0. The Morgan fingerprint density at radius 1 is 1.31 bits per heavy atom. The predicted octanol–water partition coefficient (Wildman–Crippen LogP) is 2.03. The molecule has 5 rings (SSSR count). The fourth-order valence-corrected chi connectivity index (χ4v) is 3.99. The van der Waals surface area contributed by atoms with Crippen molar-refractivity contribution in [1.29, 1.82) is 0 Å². The van der Waals surface area contributed by atoms with Crippen LogP contribution in [0.4, 0.5) is 5.95 Å². The number of benzene rings is 1. The maximum Gasteiger partial charge on any atom is 0.276 e. The second-order valence-corrected chi connectivity index (χ2v) is 7.75. The van der Waals surface area contributed by atoms with Crippen molar-refractivity contribution in [2.75, 3.05) is 25.1 Å². The summed E-state index contributed by atoms with van der Waals surface area (Å²) in [6.07, 6.45) is 0.770. The van der Waals surface area contributed by atoms with Crippen molar-refractivity contribution in [3.8, 4) is 5.75 Å². The van der Waals surface area contributed by atoms with Crippen LogP contribution in [-0.2, 0) is 17.8 Å². The second-order valence-electron chi connectivity index (χ2n) is 7.75. The van der Waals surface area contributed by atoms with E-state index in [0.717, 1.165) is 17.5 Å². The van der Waals surface area contributed by atoms with Gasteiger partial charge in [-0.2, -0.15) is 5.10 Å². The number of carbonyl (C=O) groups is 2. The summed E-state index contributed by atoms with van der Waals surface area (Å²) in [6, 6.07) is 5.18. The number of aryl methyl sites for hydroxylation is 2. The summed E-state index contributed by atoms with van der Waals surface area (Å²) < 4.78 is 15.1. The van der Waals surface area contributed by atoms with Gasteiger partial charge in [0.05, 0.1) is 29.8 Å². The van der Waals surface area contributed by atoms with Crippen molar-refractivity contribution in [2.45, 2.75) is 26.9 Å². The van der Waals surface area contributed by atoms with Gasteiger partial charge in [-0.25, -0.2) is 4.98 Å². The third-order valence-electron chi connectivity index (χ3n) is 5.47. The molecule has 0 radical (unpaired) electrons. The van der Waals surface area contributed by atoms with E-state index in [-0.39, 0.29) is 11.3 Å². The van der Waals surface area contributed by atoms with E-state index in [4.69, 9.17) is 9.47 Å². The fraction of sp³-hybridized carbons (Fsp3) is 0.400. The van der Waals surface area contributed by atoms with Crippen molar-refractivity contribution in [3.63, 3.8) is 0 Å². The number of amides is 1. The highest BCUT2D eigenvalue weighted by Gasteiger charge is 2.43. The molecule has 150 valence electrons. The molecule has 1 spiro atoms. The number of nitrogens with zero attached hydrogens (tertiary/aromatic N) is 4. The topological polar surface area (TPSA) is 100 Å². The molecule has 2 aromatic heterocycles. The van der Waals surface area contributed by atoms with Crippen molar-refractivity contribution in [2.24, 2.45) is 5.41 Å². The molecule has 0 atom stereocenters. The van der Waals surface area contributed by atoms with E-state index >= 15 is 0 Å². The number of anilines is 1. The molecular formula is C20H21N5O4. The monoisotopic (exact) mass is 395 g/mol. The van der Waals surface area contributed by atoms with Crippen LogP contribution in [0.5, 0.6) is 5.75 Å². The van der Waals surface area contributed by atoms with Gasteiger partial charge in [-0.15, -0.1) is 0 Å². The second kappa shape index (κ2) is 6.41. The third-order valence-corrected chi connectivity index (χ3v) is 5.47. The number of hydrogen-bond acceptors (Lipinski definition) is 6. The van der Waals surface area contributed by atoms with Gasteiger partial charge in [0, 0.05) is 18.7 Å². The molecule has 0 saturated carbocycles. The van der Waals surface area contributed by atoms with Crippen molar-refractivity contribution >= 4 is 29.2 Å². The van der Waals surface area contributed by atoms with Crippen LogP contribution in [0.25, 0.3) is 11.0 Å². The van der Waals surface area contributed by atoms with Gasteiger partial charge in [-0.1, -0.05) is 0 Å². The van der Waals surface area contributed by atoms with Crippen LogP contribution in [0.1, 0.15) is 33.5 Å². The molecule has 0 bridgehead atoms. The first-order valence-corrected chi connectivity index (χ1v) is 9.58. The smallest absolute Gasteiger partial charge is 0.276 e. The number of aromatic nitrogens is 4. The normalized spacial score (nSPS) is 16.9. The van der Waals surface area contributed by atoms with Crippen LogP contribution in [0, 0.1) is 12.3 Å². The Hall–Kier alpha value is -3.20. The molecule has 0 aliphatic carbocycles. The van der Waals surface area contributed by atoms with E-state index in [9.17, 15) is 9.59 Å². The molecule has 1 N–H and O–H groups in total. The maximum atomic E-state index is 13.0. The fourth-order valence-electron chi connectivity index (χ4n) is 3.99. The predicted molar refractivity (Wildman–Crippen MR) is 104 cm³/mol. The van der Waals surface area contributed by atoms with Crippen molar-refractivity contribution in [3.05, 3.63) is 35.2 Å². The zero-order valence-corrected chi connectivity index (χ0v) is 16.3. The van der Waals surface area contributed by atoms with Gasteiger partial charge in [-0.05, 0) is 32.0 Å².